The number of ether oxygens (including phenoxy) is 2. The van der Waals surface area contributed by atoms with Gasteiger partial charge in [-0.3, -0.25) is 14.4 Å². The molecule has 0 aromatic carbocycles. The van der Waals surface area contributed by atoms with Crippen LogP contribution in [0.4, 0.5) is 0 Å². The molecule has 1 amide bonds. The van der Waals surface area contributed by atoms with Crippen molar-refractivity contribution in [3.8, 4) is 0 Å². The molecule has 32 heavy (non-hydrogen) atoms. The molecule has 1 atom stereocenters. The van der Waals surface area contributed by atoms with Gasteiger partial charge in [0.2, 0.25) is 5.91 Å². The predicted molar refractivity (Wildman–Crippen MR) is 120 cm³/mol. The standard InChI is InChI=1S/C24H28N2O6/c1-6-11-31-19(28)10-9-17-14(4)21(25-18(17)13-27)20(24(30)32-12-7-2)22-16(8-3)15(5)23(29)26-22/h6-8,13,15,25H,1-2,9-12H2,3-5H3,(H,26,29)/b16-8+,22-20+. The second-order valence-corrected chi connectivity index (χ2v) is 7.20. The van der Waals surface area contributed by atoms with E-state index in [1.54, 1.807) is 26.8 Å². The largest absolute Gasteiger partial charge is 0.461 e. The summed E-state index contributed by atoms with van der Waals surface area (Å²) in [6.07, 6.45) is 5.57. The number of aromatic nitrogens is 1. The molecule has 170 valence electrons. The van der Waals surface area contributed by atoms with Gasteiger partial charge in [-0.1, -0.05) is 31.4 Å². The average Bonchev–Trinajstić information content (AvgIpc) is 3.24. The zero-order valence-electron chi connectivity index (χ0n) is 18.6. The Bertz CT molecular complexity index is 1010. The molecule has 0 bridgehead atoms. The fourth-order valence-corrected chi connectivity index (χ4v) is 3.58. The van der Waals surface area contributed by atoms with E-state index in [2.05, 4.69) is 23.5 Å². The molecule has 0 spiro atoms. The number of aromatic amines is 1. The molecule has 0 saturated carbocycles. The lowest BCUT2D eigenvalue weighted by Crippen LogP contribution is -2.20. The average molecular weight is 440 g/mol. The van der Waals surface area contributed by atoms with Crippen molar-refractivity contribution in [2.24, 2.45) is 5.92 Å². The quantitative estimate of drug-likeness (QED) is 0.250. The number of allylic oxidation sites excluding steroid dienone is 2. The van der Waals surface area contributed by atoms with Crippen molar-refractivity contribution in [2.45, 2.75) is 33.6 Å². The van der Waals surface area contributed by atoms with E-state index < -0.39 is 17.9 Å². The maximum absolute atomic E-state index is 13.0. The number of aldehydes is 1. The number of hydrogen-bond acceptors (Lipinski definition) is 6. The minimum absolute atomic E-state index is 0.0212. The summed E-state index contributed by atoms with van der Waals surface area (Å²) in [5.41, 5.74) is 2.86. The number of amides is 1. The first-order chi connectivity index (χ1) is 15.3. The van der Waals surface area contributed by atoms with Gasteiger partial charge in [-0.05, 0) is 43.9 Å². The van der Waals surface area contributed by atoms with Crippen molar-refractivity contribution in [3.63, 3.8) is 0 Å². The number of H-pyrrole nitrogens is 1. The van der Waals surface area contributed by atoms with Gasteiger partial charge in [0.15, 0.2) is 6.29 Å². The van der Waals surface area contributed by atoms with Gasteiger partial charge >= 0.3 is 11.9 Å². The van der Waals surface area contributed by atoms with Gasteiger partial charge in [0.05, 0.1) is 23.0 Å². The highest BCUT2D eigenvalue weighted by molar-refractivity contribution is 6.20. The molecule has 1 saturated heterocycles. The molecule has 8 heteroatoms. The summed E-state index contributed by atoms with van der Waals surface area (Å²) in [7, 11) is 0. The van der Waals surface area contributed by atoms with Crippen molar-refractivity contribution in [1.29, 1.82) is 0 Å². The summed E-state index contributed by atoms with van der Waals surface area (Å²) < 4.78 is 10.3. The summed E-state index contributed by atoms with van der Waals surface area (Å²) in [6.45, 7) is 12.4. The van der Waals surface area contributed by atoms with Crippen LogP contribution in [-0.4, -0.2) is 42.3 Å². The highest BCUT2D eigenvalue weighted by atomic mass is 16.5. The van der Waals surface area contributed by atoms with Crippen LogP contribution in [0.1, 0.15) is 47.6 Å². The number of carbonyl (C=O) groups excluding carboxylic acids is 4. The molecule has 1 aliphatic rings. The van der Waals surface area contributed by atoms with Gasteiger partial charge in [-0.2, -0.15) is 0 Å². The lowest BCUT2D eigenvalue weighted by atomic mass is 9.96. The monoisotopic (exact) mass is 440 g/mol. The Labute approximate surface area is 187 Å². The molecule has 8 nitrogen and oxygen atoms in total. The van der Waals surface area contributed by atoms with Crippen molar-refractivity contribution < 1.29 is 28.7 Å². The number of rotatable bonds is 10. The van der Waals surface area contributed by atoms with Crippen LogP contribution in [0.2, 0.25) is 0 Å². The second-order valence-electron chi connectivity index (χ2n) is 7.20. The fraction of sp³-hybridized carbons (Fsp3) is 0.333. The minimum Gasteiger partial charge on any atom is -0.461 e. The summed E-state index contributed by atoms with van der Waals surface area (Å²) in [5.74, 6) is -1.79. The van der Waals surface area contributed by atoms with E-state index in [0.29, 0.717) is 34.4 Å². The van der Waals surface area contributed by atoms with Crippen LogP contribution in [0, 0.1) is 12.8 Å². The van der Waals surface area contributed by atoms with Crippen LogP contribution < -0.4 is 5.32 Å². The van der Waals surface area contributed by atoms with Gasteiger partial charge in [0.1, 0.15) is 18.8 Å². The lowest BCUT2D eigenvalue weighted by molar-refractivity contribution is -0.142. The van der Waals surface area contributed by atoms with Gasteiger partial charge in [0, 0.05) is 6.42 Å². The third-order valence-corrected chi connectivity index (χ3v) is 5.22. The van der Waals surface area contributed by atoms with Crippen LogP contribution >= 0.6 is 0 Å². The number of nitrogens with one attached hydrogen (secondary N) is 2. The highest BCUT2D eigenvalue weighted by Crippen LogP contribution is 2.35. The molecule has 2 heterocycles. The zero-order valence-corrected chi connectivity index (χ0v) is 18.6. The Hall–Kier alpha value is -3.68. The highest BCUT2D eigenvalue weighted by Gasteiger charge is 2.35. The van der Waals surface area contributed by atoms with E-state index in [0.717, 1.165) is 0 Å². The van der Waals surface area contributed by atoms with Crippen molar-refractivity contribution in [3.05, 3.63) is 65.2 Å². The molecule has 1 aliphatic heterocycles. The molecule has 0 radical (unpaired) electrons. The molecule has 2 rings (SSSR count). The summed E-state index contributed by atoms with van der Waals surface area (Å²) in [6, 6.07) is 0. The summed E-state index contributed by atoms with van der Waals surface area (Å²) in [4.78, 5) is 51.9. The van der Waals surface area contributed by atoms with E-state index in [1.807, 2.05) is 0 Å². The molecule has 2 N–H and O–H groups in total. The lowest BCUT2D eigenvalue weighted by Gasteiger charge is -2.12. The maximum atomic E-state index is 13.0. The maximum Gasteiger partial charge on any atom is 0.342 e. The zero-order chi connectivity index (χ0) is 23.8. The molecule has 0 aliphatic carbocycles. The van der Waals surface area contributed by atoms with Gasteiger partial charge in [-0.15, -0.1) is 0 Å². The van der Waals surface area contributed by atoms with Gasteiger partial charge in [-0.25, -0.2) is 4.79 Å². The Morgan fingerprint density at radius 2 is 1.81 bits per heavy atom. The molecule has 1 fully saturated rings. The molecular formula is C24H28N2O6. The smallest absolute Gasteiger partial charge is 0.342 e. The third kappa shape index (κ3) is 5.14. The number of carbonyl (C=O) groups is 4. The number of esters is 2. The van der Waals surface area contributed by atoms with E-state index in [-0.39, 0.29) is 43.2 Å². The van der Waals surface area contributed by atoms with Crippen LogP contribution in [0.25, 0.3) is 5.57 Å². The Morgan fingerprint density at radius 3 is 2.41 bits per heavy atom. The van der Waals surface area contributed by atoms with E-state index in [4.69, 9.17) is 9.47 Å². The van der Waals surface area contributed by atoms with Crippen molar-refractivity contribution in [1.82, 2.24) is 10.3 Å². The SMILES string of the molecule is C=CCOC(=O)CCc1c(C=O)[nH]c(/C(C(=O)OCC=C)=C2\NC(=O)C(C)\C2=C/C)c1C. The first-order valence-electron chi connectivity index (χ1n) is 10.2. The Kier molecular flexibility index (Phi) is 8.52. The topological polar surface area (TPSA) is 115 Å². The fourth-order valence-electron chi connectivity index (χ4n) is 3.58. The predicted octanol–water partition coefficient (Wildman–Crippen LogP) is 2.95. The Morgan fingerprint density at radius 1 is 1.16 bits per heavy atom. The molecule has 1 aromatic rings. The van der Waals surface area contributed by atoms with E-state index in [9.17, 15) is 19.2 Å². The molecule has 1 aromatic heterocycles. The van der Waals surface area contributed by atoms with Gasteiger partial charge in [0.25, 0.3) is 0 Å². The van der Waals surface area contributed by atoms with Crippen molar-refractivity contribution in [2.75, 3.05) is 13.2 Å². The summed E-state index contributed by atoms with van der Waals surface area (Å²) in [5, 5.41) is 2.76. The van der Waals surface area contributed by atoms with Crippen LogP contribution in [0.15, 0.2) is 42.7 Å². The van der Waals surface area contributed by atoms with Gasteiger partial charge < -0.3 is 19.8 Å². The van der Waals surface area contributed by atoms with Crippen LogP contribution in [-0.2, 0) is 30.3 Å². The second kappa shape index (κ2) is 11.1. The molecular weight excluding hydrogens is 412 g/mol. The van der Waals surface area contributed by atoms with E-state index >= 15 is 0 Å². The van der Waals surface area contributed by atoms with E-state index in [1.165, 1.54) is 12.2 Å². The van der Waals surface area contributed by atoms with Crippen LogP contribution in [0.3, 0.4) is 0 Å². The normalized spacial score (nSPS) is 18.2. The number of hydrogen-bond donors (Lipinski definition) is 2. The molecule has 1 unspecified atom stereocenters. The minimum atomic E-state index is -0.674. The third-order valence-electron chi connectivity index (χ3n) is 5.22. The first-order valence-corrected chi connectivity index (χ1v) is 10.2. The Balaban J connectivity index is 2.58. The van der Waals surface area contributed by atoms with Crippen molar-refractivity contribution >= 4 is 29.7 Å². The van der Waals surface area contributed by atoms with Crippen LogP contribution in [0.5, 0.6) is 0 Å². The summed E-state index contributed by atoms with van der Waals surface area (Å²) >= 11 is 0. The first kappa shape index (κ1) is 24.6.